The lowest BCUT2D eigenvalue weighted by molar-refractivity contribution is -0.870. The van der Waals surface area contributed by atoms with Gasteiger partial charge in [0, 0.05) is 13.0 Å². The van der Waals surface area contributed by atoms with E-state index in [2.05, 4.69) is 13.8 Å². The number of phosphoric acid groups is 1. The fourth-order valence-electron chi connectivity index (χ4n) is 5.72. The minimum atomic E-state index is -4.51. The number of quaternary nitrogens is 1. The molecule has 9 heteroatoms. The van der Waals surface area contributed by atoms with E-state index in [9.17, 15) is 14.3 Å². The normalized spacial score (nSPS) is 13.9. The summed E-state index contributed by atoms with van der Waals surface area (Å²) in [5.41, 5.74) is 0. The Kier molecular flexibility index (Phi) is 33.3. The summed E-state index contributed by atoms with van der Waals surface area (Å²) in [6.07, 6.45) is 32.5. The summed E-state index contributed by atoms with van der Waals surface area (Å²) < 4.78 is 34.4. The van der Waals surface area contributed by atoms with Gasteiger partial charge in [0.1, 0.15) is 19.3 Å². The van der Waals surface area contributed by atoms with Crippen LogP contribution in [0.2, 0.25) is 0 Å². The topological polar surface area (TPSA) is 94.1 Å². The number of carbonyl (C=O) groups is 1. The van der Waals surface area contributed by atoms with Gasteiger partial charge in [0.2, 0.25) is 0 Å². The molecule has 0 bridgehead atoms. The van der Waals surface area contributed by atoms with Crippen molar-refractivity contribution in [2.75, 3.05) is 54.1 Å². The number of esters is 1. The number of hydrogen-bond acceptors (Lipinski definition) is 7. The monoisotopic (exact) mass is 706 g/mol. The molecule has 0 saturated heterocycles. The van der Waals surface area contributed by atoms with Crippen molar-refractivity contribution in [2.45, 2.75) is 193 Å². The van der Waals surface area contributed by atoms with Crippen LogP contribution in [0.5, 0.6) is 0 Å². The maximum Gasteiger partial charge on any atom is 0.306 e. The van der Waals surface area contributed by atoms with Crippen molar-refractivity contribution in [1.29, 1.82) is 0 Å². The van der Waals surface area contributed by atoms with Crippen LogP contribution in [0.1, 0.15) is 187 Å². The zero-order valence-electron chi connectivity index (χ0n) is 32.5. The Morgan fingerprint density at radius 1 is 0.562 bits per heavy atom. The second kappa shape index (κ2) is 33.6. The Morgan fingerprint density at radius 2 is 0.958 bits per heavy atom. The molecule has 0 fully saturated rings. The molecule has 0 radical (unpaired) electrons. The summed E-state index contributed by atoms with van der Waals surface area (Å²) in [6, 6.07) is 0. The minimum Gasteiger partial charge on any atom is -0.756 e. The first-order chi connectivity index (χ1) is 23.1. The molecule has 0 aromatic heterocycles. The fourth-order valence-corrected chi connectivity index (χ4v) is 6.45. The van der Waals surface area contributed by atoms with Crippen molar-refractivity contribution < 1.29 is 37.3 Å². The van der Waals surface area contributed by atoms with Crippen LogP contribution in [-0.4, -0.2) is 70.7 Å². The number of rotatable bonds is 38. The van der Waals surface area contributed by atoms with Gasteiger partial charge in [0.25, 0.3) is 7.82 Å². The third-order valence-electron chi connectivity index (χ3n) is 8.91. The van der Waals surface area contributed by atoms with Gasteiger partial charge in [0.15, 0.2) is 0 Å². The number of hydrogen-bond donors (Lipinski definition) is 0. The lowest BCUT2D eigenvalue weighted by Gasteiger charge is -2.28. The van der Waals surface area contributed by atoms with Gasteiger partial charge in [-0.2, -0.15) is 0 Å². The smallest absolute Gasteiger partial charge is 0.306 e. The van der Waals surface area contributed by atoms with Gasteiger partial charge in [-0.25, -0.2) is 0 Å². The Labute approximate surface area is 298 Å². The highest BCUT2D eigenvalue weighted by molar-refractivity contribution is 7.45. The molecule has 0 aliphatic carbocycles. The van der Waals surface area contributed by atoms with Crippen molar-refractivity contribution in [2.24, 2.45) is 0 Å². The summed E-state index contributed by atoms with van der Waals surface area (Å²) in [6.45, 7) is 5.43. The zero-order valence-corrected chi connectivity index (χ0v) is 33.4. The van der Waals surface area contributed by atoms with Gasteiger partial charge in [-0.05, 0) is 12.8 Å². The van der Waals surface area contributed by atoms with Crippen LogP contribution >= 0.6 is 7.82 Å². The second-order valence-electron chi connectivity index (χ2n) is 15.0. The van der Waals surface area contributed by atoms with Crippen LogP contribution in [-0.2, 0) is 27.9 Å². The molecule has 0 aromatic rings. The highest BCUT2D eigenvalue weighted by atomic mass is 31.2. The molecule has 0 rings (SSSR count). The van der Waals surface area contributed by atoms with E-state index in [1.165, 1.54) is 135 Å². The first kappa shape index (κ1) is 47.5. The number of unbranched alkanes of at least 4 members (excludes halogenated alkanes) is 24. The zero-order chi connectivity index (χ0) is 35.6. The summed E-state index contributed by atoms with van der Waals surface area (Å²) in [5, 5.41) is 0. The van der Waals surface area contributed by atoms with Crippen LogP contribution in [0.15, 0.2) is 0 Å². The van der Waals surface area contributed by atoms with Crippen LogP contribution < -0.4 is 4.89 Å². The first-order valence-electron chi connectivity index (χ1n) is 20.3. The highest BCUT2D eigenvalue weighted by Gasteiger charge is 2.20. The third kappa shape index (κ3) is 36.8. The quantitative estimate of drug-likeness (QED) is 0.0273. The molecule has 0 amide bonds. The number of carbonyl (C=O) groups excluding carboxylic acids is 1. The molecule has 0 N–H and O–H groups in total. The van der Waals surface area contributed by atoms with Gasteiger partial charge >= 0.3 is 5.97 Å². The van der Waals surface area contributed by atoms with Gasteiger partial charge in [-0.1, -0.05) is 168 Å². The van der Waals surface area contributed by atoms with Crippen molar-refractivity contribution in [3.05, 3.63) is 0 Å². The standard InChI is InChI=1S/C39H80NO7P/c1-6-8-10-12-14-16-17-18-19-20-21-22-23-24-26-28-30-32-39(41)47-38(37-46-48(42,43)45-35-33-40(3,4)5)36-44-34-31-29-27-25-15-13-11-9-7-2/h38H,6-37H2,1-5H3. The molecular weight excluding hydrogens is 625 g/mol. The van der Waals surface area contributed by atoms with E-state index in [0.29, 0.717) is 24.1 Å². The van der Waals surface area contributed by atoms with Crippen molar-refractivity contribution in [3.8, 4) is 0 Å². The lowest BCUT2D eigenvalue weighted by Crippen LogP contribution is -2.37. The predicted molar refractivity (Wildman–Crippen MR) is 199 cm³/mol. The molecule has 2 atom stereocenters. The van der Waals surface area contributed by atoms with Crippen molar-refractivity contribution in [3.63, 3.8) is 0 Å². The molecule has 288 valence electrons. The van der Waals surface area contributed by atoms with Crippen LogP contribution in [0, 0.1) is 0 Å². The van der Waals surface area contributed by atoms with Crippen LogP contribution in [0.3, 0.4) is 0 Å². The van der Waals surface area contributed by atoms with Gasteiger partial charge in [-0.3, -0.25) is 9.36 Å². The highest BCUT2D eigenvalue weighted by Crippen LogP contribution is 2.38. The van der Waals surface area contributed by atoms with E-state index in [1.807, 2.05) is 21.1 Å². The summed E-state index contributed by atoms with van der Waals surface area (Å²) >= 11 is 0. The van der Waals surface area contributed by atoms with Crippen LogP contribution in [0.4, 0.5) is 0 Å². The van der Waals surface area contributed by atoms with E-state index >= 15 is 0 Å². The Hall–Kier alpha value is -0.500. The maximum absolute atomic E-state index is 12.6. The lowest BCUT2D eigenvalue weighted by atomic mass is 10.0. The summed E-state index contributed by atoms with van der Waals surface area (Å²) in [7, 11) is 1.37. The average molecular weight is 706 g/mol. The molecule has 8 nitrogen and oxygen atoms in total. The largest absolute Gasteiger partial charge is 0.756 e. The molecule has 0 spiro atoms. The van der Waals surface area contributed by atoms with Gasteiger partial charge in [0.05, 0.1) is 34.4 Å². The maximum atomic E-state index is 12.6. The molecular formula is C39H80NO7P. The van der Waals surface area contributed by atoms with Crippen LogP contribution in [0.25, 0.3) is 0 Å². The average Bonchev–Trinajstić information content (AvgIpc) is 3.03. The Balaban J connectivity index is 4.17. The van der Waals surface area contributed by atoms with E-state index < -0.39 is 13.9 Å². The Bertz CT molecular complexity index is 746. The molecule has 48 heavy (non-hydrogen) atoms. The molecule has 0 saturated carbocycles. The first-order valence-corrected chi connectivity index (χ1v) is 21.7. The number of phosphoric ester groups is 1. The molecule has 0 aliphatic heterocycles. The number of ether oxygens (including phenoxy) is 2. The fraction of sp³-hybridized carbons (Fsp3) is 0.974. The van der Waals surface area contributed by atoms with E-state index in [4.69, 9.17) is 18.5 Å². The summed E-state index contributed by atoms with van der Waals surface area (Å²) in [5.74, 6) is -0.331. The number of likely N-dealkylation sites (N-methyl/N-ethyl adjacent to an activating group) is 1. The van der Waals surface area contributed by atoms with E-state index in [-0.39, 0.29) is 25.8 Å². The second-order valence-corrected chi connectivity index (χ2v) is 16.4. The van der Waals surface area contributed by atoms with Gasteiger partial charge < -0.3 is 27.9 Å². The number of nitrogens with zero attached hydrogens (tertiary/aromatic N) is 1. The molecule has 0 heterocycles. The van der Waals surface area contributed by atoms with E-state index in [1.54, 1.807) is 0 Å². The SMILES string of the molecule is CCCCCCCCCCCCCCCCCCCC(=O)OC(COCCCCCCCCCCC)COP(=O)([O-])OCC[N+](C)(C)C. The minimum absolute atomic E-state index is 0.0309. The third-order valence-corrected chi connectivity index (χ3v) is 9.87. The van der Waals surface area contributed by atoms with Gasteiger partial charge in [-0.15, -0.1) is 0 Å². The molecule has 0 aromatic carbocycles. The van der Waals surface area contributed by atoms with Crippen molar-refractivity contribution >= 4 is 13.8 Å². The molecule has 0 aliphatic rings. The van der Waals surface area contributed by atoms with Crippen molar-refractivity contribution in [1.82, 2.24) is 0 Å². The molecule has 2 unspecified atom stereocenters. The summed E-state index contributed by atoms with van der Waals surface area (Å²) in [4.78, 5) is 24.9. The predicted octanol–water partition coefficient (Wildman–Crippen LogP) is 10.7. The van der Waals surface area contributed by atoms with E-state index in [0.717, 1.165) is 32.1 Å². The Morgan fingerprint density at radius 3 is 1.38 bits per heavy atom.